The molecular formula is C16H18N2O4. The lowest BCUT2D eigenvalue weighted by molar-refractivity contribution is 0.101. The van der Waals surface area contributed by atoms with Crippen LogP contribution < -0.4 is 15.6 Å². The van der Waals surface area contributed by atoms with Gasteiger partial charge in [-0.3, -0.25) is 9.59 Å². The van der Waals surface area contributed by atoms with Crippen LogP contribution in [0.25, 0.3) is 0 Å². The average molecular weight is 302 g/mol. The van der Waals surface area contributed by atoms with Crippen molar-refractivity contribution in [2.45, 2.75) is 0 Å². The van der Waals surface area contributed by atoms with Crippen molar-refractivity contribution >= 4 is 11.6 Å². The summed E-state index contributed by atoms with van der Waals surface area (Å²) in [5.41, 5.74) is 0.718. The highest BCUT2D eigenvalue weighted by molar-refractivity contribution is 6.05. The molecule has 1 amide bonds. The van der Waals surface area contributed by atoms with Gasteiger partial charge in [-0.15, -0.1) is 0 Å². The second-order valence-electron chi connectivity index (χ2n) is 4.66. The first-order valence-electron chi connectivity index (χ1n) is 6.80. The number of rotatable bonds is 6. The summed E-state index contributed by atoms with van der Waals surface area (Å²) in [4.78, 5) is 24.1. The molecule has 6 nitrogen and oxygen atoms in total. The summed E-state index contributed by atoms with van der Waals surface area (Å²) in [6.07, 6.45) is 1.46. The minimum Gasteiger partial charge on any atom is -0.490 e. The molecule has 116 valence electrons. The van der Waals surface area contributed by atoms with Gasteiger partial charge in [-0.05, 0) is 12.1 Å². The van der Waals surface area contributed by atoms with E-state index in [1.165, 1.54) is 16.8 Å². The lowest BCUT2D eigenvalue weighted by atomic mass is 10.2. The highest BCUT2D eigenvalue weighted by Crippen LogP contribution is 2.17. The molecule has 0 radical (unpaired) electrons. The molecule has 0 saturated carbocycles. The van der Waals surface area contributed by atoms with Crippen molar-refractivity contribution in [1.82, 2.24) is 4.57 Å². The molecule has 0 unspecified atom stereocenters. The van der Waals surface area contributed by atoms with Crippen LogP contribution >= 0.6 is 0 Å². The van der Waals surface area contributed by atoms with Crippen LogP contribution in [0.1, 0.15) is 10.4 Å². The van der Waals surface area contributed by atoms with Crippen LogP contribution in [0, 0.1) is 0 Å². The minimum absolute atomic E-state index is 0.244. The van der Waals surface area contributed by atoms with Crippen molar-refractivity contribution in [3.8, 4) is 5.75 Å². The fourth-order valence-corrected chi connectivity index (χ4v) is 1.86. The highest BCUT2D eigenvalue weighted by atomic mass is 16.5. The van der Waals surface area contributed by atoms with Gasteiger partial charge in [-0.2, -0.15) is 0 Å². The van der Waals surface area contributed by atoms with E-state index in [1.807, 2.05) is 18.2 Å². The number of aryl methyl sites for hydroxylation is 1. The number of hydrogen-bond donors (Lipinski definition) is 1. The van der Waals surface area contributed by atoms with E-state index in [1.54, 1.807) is 26.3 Å². The SMILES string of the molecule is COCCOc1cc(=O)n(C)cc1C(=O)Nc1ccccc1. The lowest BCUT2D eigenvalue weighted by Crippen LogP contribution is -2.22. The minimum atomic E-state index is -0.339. The van der Waals surface area contributed by atoms with Crippen LogP contribution in [-0.4, -0.2) is 30.8 Å². The molecule has 0 fully saturated rings. The van der Waals surface area contributed by atoms with Gasteiger partial charge < -0.3 is 19.4 Å². The van der Waals surface area contributed by atoms with E-state index in [4.69, 9.17) is 9.47 Å². The molecule has 1 aromatic heterocycles. The molecule has 6 heteroatoms. The number of hydrogen-bond acceptors (Lipinski definition) is 4. The number of pyridine rings is 1. The molecule has 0 bridgehead atoms. The van der Waals surface area contributed by atoms with Crippen molar-refractivity contribution < 1.29 is 14.3 Å². The Hall–Kier alpha value is -2.60. The number of aromatic nitrogens is 1. The maximum atomic E-state index is 12.4. The fraction of sp³-hybridized carbons (Fsp3) is 0.250. The van der Waals surface area contributed by atoms with Gasteiger partial charge in [0.1, 0.15) is 12.4 Å². The number of nitrogens with zero attached hydrogens (tertiary/aromatic N) is 1. The number of anilines is 1. The molecule has 0 atom stereocenters. The number of ether oxygens (including phenoxy) is 2. The van der Waals surface area contributed by atoms with Crippen LogP contribution in [0.15, 0.2) is 47.4 Å². The molecule has 1 aromatic carbocycles. The number of carbonyl (C=O) groups excluding carboxylic acids is 1. The third kappa shape index (κ3) is 3.95. The Labute approximate surface area is 128 Å². The molecule has 2 rings (SSSR count). The number of nitrogens with one attached hydrogen (secondary N) is 1. The zero-order valence-corrected chi connectivity index (χ0v) is 12.5. The van der Waals surface area contributed by atoms with Crippen molar-refractivity contribution in [3.63, 3.8) is 0 Å². The van der Waals surface area contributed by atoms with Gasteiger partial charge in [-0.1, -0.05) is 18.2 Å². The van der Waals surface area contributed by atoms with Gasteiger partial charge in [0.05, 0.1) is 12.2 Å². The lowest BCUT2D eigenvalue weighted by Gasteiger charge is -2.12. The van der Waals surface area contributed by atoms with Crippen molar-refractivity contribution in [3.05, 3.63) is 58.5 Å². The monoisotopic (exact) mass is 302 g/mol. The van der Waals surface area contributed by atoms with Crippen molar-refractivity contribution in [2.75, 3.05) is 25.6 Å². The van der Waals surface area contributed by atoms with Crippen LogP contribution in [0.3, 0.4) is 0 Å². The Balaban J connectivity index is 2.25. The summed E-state index contributed by atoms with van der Waals surface area (Å²) in [7, 11) is 3.14. The topological polar surface area (TPSA) is 69.6 Å². The molecule has 0 aliphatic carbocycles. The maximum Gasteiger partial charge on any atom is 0.260 e. The zero-order valence-electron chi connectivity index (χ0n) is 12.5. The molecule has 0 spiro atoms. The first-order valence-corrected chi connectivity index (χ1v) is 6.80. The van der Waals surface area contributed by atoms with E-state index in [0.29, 0.717) is 17.9 Å². The molecular weight excluding hydrogens is 284 g/mol. The summed E-state index contributed by atoms with van der Waals surface area (Å²) in [5.74, 6) is -0.0946. The number of para-hydroxylation sites is 1. The number of carbonyl (C=O) groups is 1. The Kier molecular flexibility index (Phi) is 5.32. The molecule has 2 aromatic rings. The predicted octanol–water partition coefficient (Wildman–Crippen LogP) is 1.66. The summed E-state index contributed by atoms with van der Waals surface area (Å²) in [6, 6.07) is 10.4. The molecule has 1 heterocycles. The first-order chi connectivity index (χ1) is 10.6. The van der Waals surface area contributed by atoms with Gasteiger partial charge in [0, 0.05) is 32.1 Å². The van der Waals surface area contributed by atoms with Crippen LogP contribution in [-0.2, 0) is 11.8 Å². The highest BCUT2D eigenvalue weighted by Gasteiger charge is 2.15. The van der Waals surface area contributed by atoms with Gasteiger partial charge in [0.25, 0.3) is 11.5 Å². The van der Waals surface area contributed by atoms with E-state index in [0.717, 1.165) is 0 Å². The van der Waals surface area contributed by atoms with E-state index in [9.17, 15) is 9.59 Å². The van der Waals surface area contributed by atoms with E-state index in [2.05, 4.69) is 5.32 Å². The Morgan fingerprint density at radius 3 is 2.64 bits per heavy atom. The van der Waals surface area contributed by atoms with Gasteiger partial charge in [0.15, 0.2) is 0 Å². The predicted molar refractivity (Wildman–Crippen MR) is 83.4 cm³/mol. The third-order valence-electron chi connectivity index (χ3n) is 3.01. The zero-order chi connectivity index (χ0) is 15.9. The third-order valence-corrected chi connectivity index (χ3v) is 3.01. The Morgan fingerprint density at radius 1 is 1.23 bits per heavy atom. The van der Waals surface area contributed by atoms with E-state index >= 15 is 0 Å². The molecule has 22 heavy (non-hydrogen) atoms. The Morgan fingerprint density at radius 2 is 1.95 bits per heavy atom. The van der Waals surface area contributed by atoms with Gasteiger partial charge in [0.2, 0.25) is 0 Å². The van der Waals surface area contributed by atoms with Crippen molar-refractivity contribution in [2.24, 2.45) is 7.05 Å². The quantitative estimate of drug-likeness (QED) is 0.824. The van der Waals surface area contributed by atoms with E-state index in [-0.39, 0.29) is 23.8 Å². The molecule has 0 saturated heterocycles. The molecule has 1 N–H and O–H groups in total. The van der Waals surface area contributed by atoms with Gasteiger partial charge >= 0.3 is 0 Å². The first kappa shape index (κ1) is 15.8. The summed E-state index contributed by atoms with van der Waals surface area (Å²) in [5, 5.41) is 2.77. The van der Waals surface area contributed by atoms with Crippen LogP contribution in [0.2, 0.25) is 0 Å². The standard InChI is InChI=1S/C16H18N2O4/c1-18-11-13(14(10-15(18)19)22-9-8-21-2)16(20)17-12-6-4-3-5-7-12/h3-7,10-11H,8-9H2,1-2H3,(H,17,20). The van der Waals surface area contributed by atoms with Crippen LogP contribution in [0.5, 0.6) is 5.75 Å². The Bertz CT molecular complexity index is 695. The number of amides is 1. The second kappa shape index (κ2) is 7.42. The smallest absolute Gasteiger partial charge is 0.260 e. The van der Waals surface area contributed by atoms with E-state index < -0.39 is 0 Å². The van der Waals surface area contributed by atoms with Crippen molar-refractivity contribution in [1.29, 1.82) is 0 Å². The average Bonchev–Trinajstić information content (AvgIpc) is 2.51. The number of methoxy groups -OCH3 is 1. The molecule has 0 aliphatic heterocycles. The number of benzene rings is 1. The maximum absolute atomic E-state index is 12.4. The summed E-state index contributed by atoms with van der Waals surface area (Å²) >= 11 is 0. The van der Waals surface area contributed by atoms with Gasteiger partial charge in [-0.25, -0.2) is 0 Å². The molecule has 0 aliphatic rings. The summed E-state index contributed by atoms with van der Waals surface area (Å²) < 4.78 is 11.7. The second-order valence-corrected chi connectivity index (χ2v) is 4.66. The largest absolute Gasteiger partial charge is 0.490 e. The van der Waals surface area contributed by atoms with Crippen LogP contribution in [0.4, 0.5) is 5.69 Å². The summed E-state index contributed by atoms with van der Waals surface area (Å²) in [6.45, 7) is 0.629. The normalized spacial score (nSPS) is 10.3. The fourth-order valence-electron chi connectivity index (χ4n) is 1.86.